The van der Waals surface area contributed by atoms with Gasteiger partial charge in [0, 0.05) is 51.7 Å². The number of anilines is 1. The first-order chi connectivity index (χ1) is 13.1. The fourth-order valence-electron chi connectivity index (χ4n) is 3.51. The third-order valence-electron chi connectivity index (χ3n) is 5.08. The fourth-order valence-corrected chi connectivity index (χ4v) is 3.51. The molecule has 0 N–H and O–H groups in total. The van der Waals surface area contributed by atoms with Crippen molar-refractivity contribution < 1.29 is 14.0 Å². The molecule has 27 heavy (non-hydrogen) atoms. The molecule has 2 saturated heterocycles. The standard InChI is InChI=1S/C19H20FN5O2/c20-15-3-1-2-4-17(15)23-7-9-24(10-8-23)18(26)14-12-25(13-14)19(27)16-11-21-5-6-22-16/h1-6,11,14H,7-10,12-13H2. The number of hydrogen-bond acceptors (Lipinski definition) is 5. The molecule has 1 aromatic heterocycles. The molecule has 0 bridgehead atoms. The summed E-state index contributed by atoms with van der Waals surface area (Å²) in [5.41, 5.74) is 0.871. The molecule has 8 heteroatoms. The first kappa shape index (κ1) is 17.4. The Morgan fingerprint density at radius 1 is 1.00 bits per heavy atom. The number of piperazine rings is 1. The van der Waals surface area contributed by atoms with Gasteiger partial charge in [-0.25, -0.2) is 9.37 Å². The average Bonchev–Trinajstić information content (AvgIpc) is 2.68. The molecule has 140 valence electrons. The van der Waals surface area contributed by atoms with Crippen molar-refractivity contribution in [2.24, 2.45) is 5.92 Å². The lowest BCUT2D eigenvalue weighted by Crippen LogP contribution is -2.59. The molecule has 0 spiro atoms. The summed E-state index contributed by atoms with van der Waals surface area (Å²) in [6.45, 7) is 3.12. The summed E-state index contributed by atoms with van der Waals surface area (Å²) in [6.07, 6.45) is 4.42. The van der Waals surface area contributed by atoms with Crippen LogP contribution in [0.3, 0.4) is 0 Å². The average molecular weight is 369 g/mol. The van der Waals surface area contributed by atoms with Crippen molar-refractivity contribution >= 4 is 17.5 Å². The first-order valence-corrected chi connectivity index (χ1v) is 8.97. The molecule has 2 amide bonds. The van der Waals surface area contributed by atoms with Gasteiger partial charge in [0.1, 0.15) is 11.5 Å². The van der Waals surface area contributed by atoms with Crippen molar-refractivity contribution in [2.45, 2.75) is 0 Å². The Hall–Kier alpha value is -3.03. The van der Waals surface area contributed by atoms with Crippen LogP contribution in [0.1, 0.15) is 10.5 Å². The van der Waals surface area contributed by atoms with Crippen LogP contribution in [-0.2, 0) is 4.79 Å². The van der Waals surface area contributed by atoms with Gasteiger partial charge in [-0.15, -0.1) is 0 Å². The van der Waals surface area contributed by atoms with Crippen molar-refractivity contribution in [1.29, 1.82) is 0 Å². The summed E-state index contributed by atoms with van der Waals surface area (Å²) in [5.74, 6) is -0.553. The van der Waals surface area contributed by atoms with Crippen molar-refractivity contribution in [3.63, 3.8) is 0 Å². The predicted octanol–water partition coefficient (Wildman–Crippen LogP) is 1.04. The summed E-state index contributed by atoms with van der Waals surface area (Å²) >= 11 is 0. The maximum atomic E-state index is 13.9. The summed E-state index contributed by atoms with van der Waals surface area (Å²) in [4.78, 5) is 38.2. The lowest BCUT2D eigenvalue weighted by Gasteiger charge is -2.43. The quantitative estimate of drug-likeness (QED) is 0.809. The Morgan fingerprint density at radius 2 is 1.74 bits per heavy atom. The van der Waals surface area contributed by atoms with E-state index in [1.54, 1.807) is 17.0 Å². The third kappa shape index (κ3) is 3.47. The number of nitrogens with zero attached hydrogens (tertiary/aromatic N) is 5. The zero-order valence-corrected chi connectivity index (χ0v) is 14.8. The second-order valence-electron chi connectivity index (χ2n) is 6.76. The second-order valence-corrected chi connectivity index (χ2v) is 6.76. The van der Waals surface area contributed by atoms with Gasteiger partial charge >= 0.3 is 0 Å². The highest BCUT2D eigenvalue weighted by atomic mass is 19.1. The molecule has 4 rings (SSSR count). The lowest BCUT2D eigenvalue weighted by molar-refractivity contribution is -0.140. The molecule has 2 aromatic rings. The topological polar surface area (TPSA) is 69.6 Å². The maximum absolute atomic E-state index is 13.9. The van der Waals surface area contributed by atoms with Crippen LogP contribution >= 0.6 is 0 Å². The summed E-state index contributed by atoms with van der Waals surface area (Å²) in [6, 6.07) is 6.69. The lowest BCUT2D eigenvalue weighted by atomic mass is 9.97. The number of likely N-dealkylation sites (tertiary alicyclic amines) is 1. The number of benzene rings is 1. The molecule has 3 heterocycles. The van der Waals surface area contributed by atoms with Crippen LogP contribution in [0.2, 0.25) is 0 Å². The summed E-state index contributed by atoms with van der Waals surface area (Å²) in [7, 11) is 0. The molecule has 7 nitrogen and oxygen atoms in total. The highest BCUT2D eigenvalue weighted by molar-refractivity contribution is 5.94. The van der Waals surface area contributed by atoms with Crippen LogP contribution < -0.4 is 4.90 Å². The van der Waals surface area contributed by atoms with Crippen LogP contribution in [0.4, 0.5) is 10.1 Å². The van der Waals surface area contributed by atoms with E-state index in [1.807, 2.05) is 15.9 Å². The van der Waals surface area contributed by atoms with Gasteiger partial charge < -0.3 is 14.7 Å². The van der Waals surface area contributed by atoms with Crippen LogP contribution in [0.5, 0.6) is 0 Å². The number of halogens is 1. The minimum Gasteiger partial charge on any atom is -0.366 e. The largest absolute Gasteiger partial charge is 0.366 e. The zero-order valence-electron chi connectivity index (χ0n) is 14.8. The maximum Gasteiger partial charge on any atom is 0.274 e. The van der Waals surface area contributed by atoms with Gasteiger partial charge in [-0.1, -0.05) is 12.1 Å². The number of hydrogen-bond donors (Lipinski definition) is 0. The minimum absolute atomic E-state index is 0.0615. The van der Waals surface area contributed by atoms with Gasteiger partial charge in [0.25, 0.3) is 5.91 Å². The molecule has 2 fully saturated rings. The predicted molar refractivity (Wildman–Crippen MR) is 96.6 cm³/mol. The summed E-state index contributed by atoms with van der Waals surface area (Å²) < 4.78 is 13.9. The fraction of sp³-hybridized carbons (Fsp3) is 0.368. The van der Waals surface area contributed by atoms with Crippen LogP contribution in [0.25, 0.3) is 0 Å². The summed E-state index contributed by atoms with van der Waals surface area (Å²) in [5, 5.41) is 0. The number of carbonyl (C=O) groups excluding carboxylic acids is 2. The monoisotopic (exact) mass is 369 g/mol. The Bertz CT molecular complexity index is 833. The van der Waals surface area contributed by atoms with E-state index in [0.29, 0.717) is 50.6 Å². The number of aromatic nitrogens is 2. The second kappa shape index (κ2) is 7.30. The van der Waals surface area contributed by atoms with E-state index in [2.05, 4.69) is 9.97 Å². The number of rotatable bonds is 3. The first-order valence-electron chi connectivity index (χ1n) is 8.97. The molecule has 1 aromatic carbocycles. The Morgan fingerprint density at radius 3 is 2.41 bits per heavy atom. The SMILES string of the molecule is O=C(c1cnccn1)N1CC(C(=O)N2CCN(c3ccccc3F)CC2)C1. The van der Waals surface area contributed by atoms with E-state index in [9.17, 15) is 14.0 Å². The zero-order chi connectivity index (χ0) is 18.8. The molecule has 0 aliphatic carbocycles. The molecular formula is C19H20FN5O2. The Labute approximate surface area is 156 Å². The van der Waals surface area contributed by atoms with Crippen molar-refractivity contribution in [1.82, 2.24) is 19.8 Å². The van der Waals surface area contributed by atoms with E-state index in [1.165, 1.54) is 24.7 Å². The van der Waals surface area contributed by atoms with Gasteiger partial charge in [0.15, 0.2) is 0 Å². The molecule has 0 unspecified atom stereocenters. The number of carbonyl (C=O) groups is 2. The molecule has 2 aliphatic heterocycles. The van der Waals surface area contributed by atoms with Crippen LogP contribution in [0.15, 0.2) is 42.9 Å². The van der Waals surface area contributed by atoms with E-state index in [0.717, 1.165) is 0 Å². The highest BCUT2D eigenvalue weighted by Gasteiger charge is 2.39. The number of amides is 2. The van der Waals surface area contributed by atoms with Gasteiger partial charge in [-0.3, -0.25) is 14.6 Å². The Balaban J connectivity index is 1.28. The minimum atomic E-state index is -0.241. The van der Waals surface area contributed by atoms with Crippen molar-refractivity contribution in [2.75, 3.05) is 44.2 Å². The van der Waals surface area contributed by atoms with E-state index in [-0.39, 0.29) is 23.5 Å². The van der Waals surface area contributed by atoms with Crippen molar-refractivity contribution in [3.05, 3.63) is 54.4 Å². The van der Waals surface area contributed by atoms with Crippen molar-refractivity contribution in [3.8, 4) is 0 Å². The molecule has 0 radical (unpaired) electrons. The van der Waals surface area contributed by atoms with Gasteiger partial charge in [0.2, 0.25) is 5.91 Å². The molecule has 0 saturated carbocycles. The Kier molecular flexibility index (Phi) is 4.70. The van der Waals surface area contributed by atoms with Gasteiger partial charge in [-0.2, -0.15) is 0 Å². The third-order valence-corrected chi connectivity index (χ3v) is 5.08. The normalized spacial score (nSPS) is 17.6. The van der Waals surface area contributed by atoms with Crippen LogP contribution in [0, 0.1) is 11.7 Å². The van der Waals surface area contributed by atoms with Gasteiger partial charge in [-0.05, 0) is 12.1 Å². The smallest absolute Gasteiger partial charge is 0.274 e. The number of para-hydroxylation sites is 1. The van der Waals surface area contributed by atoms with E-state index >= 15 is 0 Å². The highest BCUT2D eigenvalue weighted by Crippen LogP contribution is 2.23. The van der Waals surface area contributed by atoms with Crippen LogP contribution in [-0.4, -0.2) is 70.9 Å². The molecule has 2 aliphatic rings. The van der Waals surface area contributed by atoms with E-state index in [4.69, 9.17) is 0 Å². The van der Waals surface area contributed by atoms with Gasteiger partial charge in [0.05, 0.1) is 17.8 Å². The van der Waals surface area contributed by atoms with E-state index < -0.39 is 0 Å². The molecular weight excluding hydrogens is 349 g/mol. The molecule has 0 atom stereocenters.